The van der Waals surface area contributed by atoms with Crippen LogP contribution in [0.15, 0.2) is 0 Å². The fourth-order valence-corrected chi connectivity index (χ4v) is 9.18. The van der Waals surface area contributed by atoms with Crippen molar-refractivity contribution in [1.82, 2.24) is 0 Å². The number of hydrogen-bond acceptors (Lipinski definition) is 1. The van der Waals surface area contributed by atoms with Crippen LogP contribution >= 0.6 is 0 Å². The summed E-state index contributed by atoms with van der Waals surface area (Å²) in [5.41, 5.74) is -0.627. The van der Waals surface area contributed by atoms with Crippen LogP contribution in [0, 0.1) is 11.8 Å². The Hall–Kier alpha value is -0.460. The Morgan fingerprint density at radius 3 is 0.737 bits per heavy atom. The molecule has 0 saturated carbocycles. The molecule has 0 bridgehead atoms. The summed E-state index contributed by atoms with van der Waals surface area (Å²) >= 11 is 0. The highest BCUT2D eigenvalue weighted by atomic mass is 19.4. The lowest BCUT2D eigenvalue weighted by molar-refractivity contribution is -0.181. The molecule has 0 aliphatic heterocycles. The number of ether oxygens (including phenoxy) is 1. The lowest BCUT2D eigenvalue weighted by Crippen LogP contribution is -2.44. The molecule has 7 heteroatoms. The minimum absolute atomic E-state index is 0.222. The zero-order chi connectivity index (χ0) is 42.7. The van der Waals surface area contributed by atoms with Crippen LogP contribution in [0.3, 0.4) is 0 Å². The molecule has 0 fully saturated rings. The SMILES string of the molecule is CCCCCCCCC(CCCCCC(CC)(CCCCCCC)OC(CC)(CCCCCCC)CCCCCC(CCCCCCCC)C(F)(F)F)C(F)(F)F. The molecule has 4 unspecified atom stereocenters. The molecule has 0 saturated heterocycles. The lowest BCUT2D eigenvalue weighted by Gasteiger charge is -2.45. The molecule has 4 atom stereocenters. The largest absolute Gasteiger partial charge is 0.391 e. The second kappa shape index (κ2) is 35.2. The number of hydrogen-bond donors (Lipinski definition) is 0. The molecule has 57 heavy (non-hydrogen) atoms. The summed E-state index contributed by atoms with van der Waals surface area (Å²) in [6, 6.07) is 0. The summed E-state index contributed by atoms with van der Waals surface area (Å²) < 4.78 is 91.5. The molecule has 0 N–H and O–H groups in total. The van der Waals surface area contributed by atoms with Crippen molar-refractivity contribution in [2.24, 2.45) is 11.8 Å². The van der Waals surface area contributed by atoms with Gasteiger partial charge in [0.25, 0.3) is 0 Å². The van der Waals surface area contributed by atoms with Crippen molar-refractivity contribution >= 4 is 0 Å². The average molecular weight is 827 g/mol. The number of alkyl halides is 6. The molecule has 0 heterocycles. The molecule has 344 valence electrons. The predicted octanol–water partition coefficient (Wildman–Crippen LogP) is 19.8. The van der Waals surface area contributed by atoms with Gasteiger partial charge in [-0.2, -0.15) is 26.3 Å². The monoisotopic (exact) mass is 827 g/mol. The van der Waals surface area contributed by atoms with Gasteiger partial charge in [0.1, 0.15) is 0 Å². The maximum absolute atomic E-state index is 14.0. The maximum atomic E-state index is 14.0. The van der Waals surface area contributed by atoms with Gasteiger partial charge in [-0.25, -0.2) is 0 Å². The van der Waals surface area contributed by atoms with Gasteiger partial charge in [0, 0.05) is 0 Å². The molecule has 0 aromatic heterocycles. The third-order valence-corrected chi connectivity index (χ3v) is 13.3. The molecule has 0 aromatic rings. The van der Waals surface area contributed by atoms with Gasteiger partial charge in [0.2, 0.25) is 0 Å². The second-order valence-electron chi connectivity index (χ2n) is 18.3. The highest BCUT2D eigenvalue weighted by molar-refractivity contribution is 4.89. The van der Waals surface area contributed by atoms with E-state index in [0.717, 1.165) is 141 Å². The summed E-state index contributed by atoms with van der Waals surface area (Å²) in [7, 11) is 0. The lowest BCUT2D eigenvalue weighted by atomic mass is 9.82. The quantitative estimate of drug-likeness (QED) is 0.0440. The number of unbranched alkanes of at least 4 members (excludes halogenated alkanes) is 22. The highest BCUT2D eigenvalue weighted by Crippen LogP contribution is 2.42. The van der Waals surface area contributed by atoms with E-state index in [2.05, 4.69) is 41.5 Å². The van der Waals surface area contributed by atoms with Gasteiger partial charge in [-0.15, -0.1) is 0 Å². The first kappa shape index (κ1) is 56.5. The van der Waals surface area contributed by atoms with E-state index in [1.54, 1.807) is 0 Å². The summed E-state index contributed by atoms with van der Waals surface area (Å²) in [5, 5.41) is 0. The molecule has 0 spiro atoms. The Morgan fingerprint density at radius 2 is 0.509 bits per heavy atom. The van der Waals surface area contributed by atoms with Crippen molar-refractivity contribution in [3.63, 3.8) is 0 Å². The fraction of sp³-hybridized carbons (Fsp3) is 1.00. The third-order valence-electron chi connectivity index (χ3n) is 13.3. The van der Waals surface area contributed by atoms with Gasteiger partial charge in [-0.05, 0) is 64.2 Å². The molecular formula is C50H96F6O. The maximum Gasteiger partial charge on any atom is 0.391 e. The van der Waals surface area contributed by atoms with Crippen LogP contribution in [0.2, 0.25) is 0 Å². The smallest absolute Gasteiger partial charge is 0.369 e. The average Bonchev–Trinajstić information content (AvgIpc) is 3.17. The van der Waals surface area contributed by atoms with E-state index in [0.29, 0.717) is 25.7 Å². The molecular weight excluding hydrogens is 731 g/mol. The van der Waals surface area contributed by atoms with Crippen LogP contribution in [-0.4, -0.2) is 23.6 Å². The summed E-state index contributed by atoms with van der Waals surface area (Å²) in [6.07, 6.45) is 26.5. The molecule has 0 amide bonds. The van der Waals surface area contributed by atoms with E-state index in [-0.39, 0.29) is 36.9 Å². The van der Waals surface area contributed by atoms with Crippen LogP contribution in [0.25, 0.3) is 0 Å². The van der Waals surface area contributed by atoms with Crippen molar-refractivity contribution in [3.8, 4) is 0 Å². The van der Waals surface area contributed by atoms with Crippen molar-refractivity contribution in [2.75, 3.05) is 0 Å². The van der Waals surface area contributed by atoms with Gasteiger partial charge in [0.05, 0.1) is 23.0 Å². The van der Waals surface area contributed by atoms with E-state index in [9.17, 15) is 26.3 Å². The highest BCUT2D eigenvalue weighted by Gasteiger charge is 2.41. The minimum Gasteiger partial charge on any atom is -0.369 e. The van der Waals surface area contributed by atoms with E-state index in [4.69, 9.17) is 4.74 Å². The zero-order valence-corrected chi connectivity index (χ0v) is 38.7. The molecule has 0 radical (unpaired) electrons. The first-order valence-corrected chi connectivity index (χ1v) is 25.1. The fourth-order valence-electron chi connectivity index (χ4n) is 9.18. The van der Waals surface area contributed by atoms with Gasteiger partial charge >= 0.3 is 12.4 Å². The van der Waals surface area contributed by atoms with E-state index < -0.39 is 24.2 Å². The van der Waals surface area contributed by atoms with Crippen LogP contribution in [0.5, 0.6) is 0 Å². The minimum atomic E-state index is -4.13. The summed E-state index contributed by atoms with van der Waals surface area (Å²) in [4.78, 5) is 0. The van der Waals surface area contributed by atoms with E-state index in [1.807, 2.05) is 0 Å². The standard InChI is InChI=1S/C50H96F6O/c1-7-13-17-21-23-29-37-45(49(51,52)53)39-31-27-35-43-47(11-5,41-33-25-19-15-9-3)57-48(12-6,42-34-26-20-16-10-4)44-36-28-32-40-46(50(54,55)56)38-30-24-22-18-14-8-2/h45-46H,7-44H2,1-6H3. The van der Waals surface area contributed by atoms with E-state index >= 15 is 0 Å². The summed E-state index contributed by atoms with van der Waals surface area (Å²) in [5.74, 6) is -2.39. The van der Waals surface area contributed by atoms with Crippen molar-refractivity contribution in [2.45, 2.75) is 309 Å². The van der Waals surface area contributed by atoms with Crippen molar-refractivity contribution in [1.29, 1.82) is 0 Å². The van der Waals surface area contributed by atoms with Crippen LogP contribution in [-0.2, 0) is 4.74 Å². The molecule has 0 aliphatic carbocycles. The molecule has 1 nitrogen and oxygen atoms in total. The van der Waals surface area contributed by atoms with E-state index in [1.165, 1.54) is 51.4 Å². The summed E-state index contributed by atoms with van der Waals surface area (Å²) in [6.45, 7) is 13.2. The van der Waals surface area contributed by atoms with Gasteiger partial charge in [-0.3, -0.25) is 0 Å². The van der Waals surface area contributed by atoms with Crippen LogP contribution < -0.4 is 0 Å². The Morgan fingerprint density at radius 1 is 0.298 bits per heavy atom. The Kier molecular flexibility index (Phi) is 34.9. The van der Waals surface area contributed by atoms with Gasteiger partial charge < -0.3 is 4.74 Å². The van der Waals surface area contributed by atoms with Crippen molar-refractivity contribution in [3.05, 3.63) is 0 Å². The molecule has 0 aromatic carbocycles. The normalized spacial score (nSPS) is 15.8. The predicted molar refractivity (Wildman–Crippen MR) is 235 cm³/mol. The van der Waals surface area contributed by atoms with Crippen molar-refractivity contribution < 1.29 is 31.1 Å². The van der Waals surface area contributed by atoms with Gasteiger partial charge in [0.15, 0.2) is 0 Å². The second-order valence-corrected chi connectivity index (χ2v) is 18.3. The first-order chi connectivity index (χ1) is 27.3. The molecule has 0 aliphatic rings. The number of rotatable bonds is 42. The Balaban J connectivity index is 5.71. The molecule has 0 rings (SSSR count). The first-order valence-electron chi connectivity index (χ1n) is 25.1. The Bertz CT molecular complexity index is 791. The zero-order valence-electron chi connectivity index (χ0n) is 38.7. The third kappa shape index (κ3) is 29.4. The van der Waals surface area contributed by atoms with Crippen LogP contribution in [0.1, 0.15) is 286 Å². The Labute approximate surface area is 351 Å². The topological polar surface area (TPSA) is 9.23 Å². The van der Waals surface area contributed by atoms with Crippen LogP contribution in [0.4, 0.5) is 26.3 Å². The van der Waals surface area contributed by atoms with Gasteiger partial charge in [-0.1, -0.05) is 221 Å². The number of halogens is 6.